The van der Waals surface area contributed by atoms with Gasteiger partial charge in [0.15, 0.2) is 0 Å². The molecular formula is C23H20FN3O. The second-order valence-corrected chi connectivity index (χ2v) is 6.82. The monoisotopic (exact) mass is 373 g/mol. The molecule has 0 aliphatic rings. The molecule has 0 bridgehead atoms. The molecule has 0 saturated heterocycles. The Hall–Kier alpha value is -3.47. The molecule has 4 nitrogen and oxygen atoms in total. The van der Waals surface area contributed by atoms with Crippen LogP contribution in [0.5, 0.6) is 5.75 Å². The maximum atomic E-state index is 13.9. The van der Waals surface area contributed by atoms with E-state index in [0.717, 1.165) is 16.8 Å². The Bertz CT molecular complexity index is 1160. The molecule has 2 aromatic heterocycles. The quantitative estimate of drug-likeness (QED) is 0.510. The van der Waals surface area contributed by atoms with Crippen molar-refractivity contribution in [2.45, 2.75) is 19.9 Å². The molecular weight excluding hydrogens is 353 g/mol. The number of nitrogens with zero attached hydrogens (tertiary/aromatic N) is 2. The number of pyridine rings is 2. The van der Waals surface area contributed by atoms with Crippen LogP contribution >= 0.6 is 0 Å². The number of halogens is 1. The molecule has 0 radical (unpaired) electrons. The Balaban J connectivity index is 1.87. The zero-order valence-corrected chi connectivity index (χ0v) is 15.6. The van der Waals surface area contributed by atoms with Gasteiger partial charge in [0, 0.05) is 22.3 Å². The molecule has 5 heteroatoms. The number of fused-ring (bicyclic) bond motifs is 1. The number of phenols is 1. The lowest BCUT2D eigenvalue weighted by Crippen LogP contribution is -2.14. The fraction of sp³-hybridized carbons (Fsp3) is 0.130. The fourth-order valence-electron chi connectivity index (χ4n) is 3.32. The summed E-state index contributed by atoms with van der Waals surface area (Å²) in [5.41, 5.74) is 3.50. The third kappa shape index (κ3) is 3.51. The molecule has 0 spiro atoms. The summed E-state index contributed by atoms with van der Waals surface area (Å²) in [6, 6.07) is 19.1. The maximum Gasteiger partial charge on any atom is 0.147 e. The van der Waals surface area contributed by atoms with Crippen molar-refractivity contribution >= 4 is 16.7 Å². The third-order valence-corrected chi connectivity index (χ3v) is 4.68. The average Bonchev–Trinajstić information content (AvgIpc) is 2.67. The van der Waals surface area contributed by atoms with E-state index in [1.165, 1.54) is 12.1 Å². The lowest BCUT2D eigenvalue weighted by Gasteiger charge is -2.22. The van der Waals surface area contributed by atoms with E-state index in [0.29, 0.717) is 22.5 Å². The van der Waals surface area contributed by atoms with Gasteiger partial charge >= 0.3 is 0 Å². The number of hydrogen-bond acceptors (Lipinski definition) is 4. The van der Waals surface area contributed by atoms with Gasteiger partial charge in [-0.2, -0.15) is 0 Å². The normalized spacial score (nSPS) is 12.1. The molecule has 2 aromatic carbocycles. The standard InChI is InChI=1S/C23H20FN3O/c1-14-5-3-8-20(25-14)27-21(17-6-4-7-18(24)13-17)19-12-11-16-10-9-15(2)26-22(16)23(19)28/h3-13,21,28H,1-2H3,(H,25,27). The first kappa shape index (κ1) is 17.9. The number of nitrogens with one attached hydrogen (secondary N) is 1. The number of aryl methyl sites for hydroxylation is 2. The van der Waals surface area contributed by atoms with Crippen molar-refractivity contribution in [3.63, 3.8) is 0 Å². The highest BCUT2D eigenvalue weighted by atomic mass is 19.1. The zero-order valence-electron chi connectivity index (χ0n) is 15.6. The Labute approximate surface area is 162 Å². The van der Waals surface area contributed by atoms with Crippen molar-refractivity contribution in [1.82, 2.24) is 9.97 Å². The fourth-order valence-corrected chi connectivity index (χ4v) is 3.32. The average molecular weight is 373 g/mol. The first-order valence-electron chi connectivity index (χ1n) is 9.06. The molecule has 0 saturated carbocycles. The summed E-state index contributed by atoms with van der Waals surface area (Å²) in [6.07, 6.45) is 0. The molecule has 2 heterocycles. The van der Waals surface area contributed by atoms with Gasteiger partial charge in [0.25, 0.3) is 0 Å². The number of aromatic hydroxyl groups is 1. The summed E-state index contributed by atoms with van der Waals surface area (Å²) in [7, 11) is 0. The minimum absolute atomic E-state index is 0.0793. The summed E-state index contributed by atoms with van der Waals surface area (Å²) in [6.45, 7) is 3.78. The molecule has 4 aromatic rings. The summed E-state index contributed by atoms with van der Waals surface area (Å²) in [4.78, 5) is 8.97. The van der Waals surface area contributed by atoms with Crippen LogP contribution in [0.4, 0.5) is 10.2 Å². The van der Waals surface area contributed by atoms with Gasteiger partial charge in [-0.15, -0.1) is 0 Å². The van der Waals surface area contributed by atoms with Crippen LogP contribution in [0.1, 0.15) is 28.6 Å². The predicted octanol–water partition coefficient (Wildman–Crippen LogP) is 5.29. The third-order valence-electron chi connectivity index (χ3n) is 4.68. The van der Waals surface area contributed by atoms with E-state index in [1.807, 2.05) is 62.4 Å². The topological polar surface area (TPSA) is 58.0 Å². The van der Waals surface area contributed by atoms with Gasteiger partial charge in [-0.05, 0) is 49.7 Å². The van der Waals surface area contributed by atoms with Gasteiger partial charge in [-0.25, -0.2) is 14.4 Å². The lowest BCUT2D eigenvalue weighted by molar-refractivity contribution is 0.471. The number of rotatable bonds is 4. The van der Waals surface area contributed by atoms with Crippen molar-refractivity contribution in [3.05, 3.63) is 95.1 Å². The van der Waals surface area contributed by atoms with E-state index in [9.17, 15) is 9.50 Å². The second kappa shape index (κ2) is 7.27. The van der Waals surface area contributed by atoms with E-state index >= 15 is 0 Å². The molecule has 0 aliphatic carbocycles. The van der Waals surface area contributed by atoms with Crippen LogP contribution in [0.25, 0.3) is 10.9 Å². The number of phenolic OH excluding ortho intramolecular Hbond substituents is 1. The van der Waals surface area contributed by atoms with E-state index in [2.05, 4.69) is 15.3 Å². The number of hydrogen-bond donors (Lipinski definition) is 2. The van der Waals surface area contributed by atoms with Crippen LogP contribution in [0.15, 0.2) is 66.7 Å². The van der Waals surface area contributed by atoms with Crippen LogP contribution in [-0.2, 0) is 0 Å². The molecule has 1 atom stereocenters. The van der Waals surface area contributed by atoms with E-state index < -0.39 is 6.04 Å². The van der Waals surface area contributed by atoms with Crippen molar-refractivity contribution in [3.8, 4) is 5.75 Å². The van der Waals surface area contributed by atoms with Gasteiger partial charge in [0.05, 0.1) is 6.04 Å². The van der Waals surface area contributed by atoms with Crippen LogP contribution in [0.2, 0.25) is 0 Å². The smallest absolute Gasteiger partial charge is 0.147 e. The van der Waals surface area contributed by atoms with E-state index in [1.54, 1.807) is 6.07 Å². The molecule has 1 unspecified atom stereocenters. The summed E-state index contributed by atoms with van der Waals surface area (Å²) in [5, 5.41) is 15.2. The van der Waals surface area contributed by atoms with Crippen LogP contribution in [0.3, 0.4) is 0 Å². The Morgan fingerprint density at radius 1 is 0.893 bits per heavy atom. The Morgan fingerprint density at radius 2 is 1.64 bits per heavy atom. The van der Waals surface area contributed by atoms with Gasteiger partial charge in [-0.1, -0.05) is 36.4 Å². The molecule has 2 N–H and O–H groups in total. The minimum Gasteiger partial charge on any atom is -0.505 e. The molecule has 0 aliphatic heterocycles. The molecule has 140 valence electrons. The van der Waals surface area contributed by atoms with Crippen molar-refractivity contribution in [2.75, 3.05) is 5.32 Å². The van der Waals surface area contributed by atoms with Crippen molar-refractivity contribution in [1.29, 1.82) is 0 Å². The van der Waals surface area contributed by atoms with Crippen molar-refractivity contribution in [2.24, 2.45) is 0 Å². The molecule has 0 fully saturated rings. The van der Waals surface area contributed by atoms with E-state index in [-0.39, 0.29) is 11.6 Å². The van der Waals surface area contributed by atoms with Crippen LogP contribution < -0.4 is 5.32 Å². The summed E-state index contributed by atoms with van der Waals surface area (Å²) < 4.78 is 13.9. The zero-order chi connectivity index (χ0) is 19.7. The molecule has 4 rings (SSSR count). The van der Waals surface area contributed by atoms with Gasteiger partial charge in [0.2, 0.25) is 0 Å². The number of aromatic nitrogens is 2. The Kier molecular flexibility index (Phi) is 4.65. The van der Waals surface area contributed by atoms with Gasteiger partial charge in [0.1, 0.15) is 22.9 Å². The van der Waals surface area contributed by atoms with Crippen LogP contribution in [0, 0.1) is 19.7 Å². The Morgan fingerprint density at radius 3 is 2.43 bits per heavy atom. The van der Waals surface area contributed by atoms with Gasteiger partial charge in [-0.3, -0.25) is 0 Å². The second-order valence-electron chi connectivity index (χ2n) is 6.82. The highest BCUT2D eigenvalue weighted by Crippen LogP contribution is 2.36. The van der Waals surface area contributed by atoms with Crippen LogP contribution in [-0.4, -0.2) is 15.1 Å². The highest BCUT2D eigenvalue weighted by Gasteiger charge is 2.21. The first-order chi connectivity index (χ1) is 13.5. The largest absolute Gasteiger partial charge is 0.505 e. The molecule has 0 amide bonds. The first-order valence-corrected chi connectivity index (χ1v) is 9.06. The minimum atomic E-state index is -0.489. The van der Waals surface area contributed by atoms with E-state index in [4.69, 9.17) is 0 Å². The summed E-state index contributed by atoms with van der Waals surface area (Å²) in [5.74, 6) is 0.386. The van der Waals surface area contributed by atoms with Crippen molar-refractivity contribution < 1.29 is 9.50 Å². The SMILES string of the molecule is Cc1cccc(NC(c2cccc(F)c2)c2ccc3ccc(C)nc3c2O)n1. The predicted molar refractivity (Wildman–Crippen MR) is 109 cm³/mol. The molecule has 28 heavy (non-hydrogen) atoms. The van der Waals surface area contributed by atoms with Gasteiger partial charge < -0.3 is 10.4 Å². The number of benzene rings is 2. The number of anilines is 1. The highest BCUT2D eigenvalue weighted by molar-refractivity contribution is 5.86. The lowest BCUT2D eigenvalue weighted by atomic mass is 9.96. The maximum absolute atomic E-state index is 13.9. The summed E-state index contributed by atoms with van der Waals surface area (Å²) >= 11 is 0.